The Labute approximate surface area is 234 Å². The molecule has 4 rings (SSSR count). The molecule has 12 heteroatoms. The number of anilines is 4. The van der Waals surface area contributed by atoms with Crippen LogP contribution in [-0.2, 0) is 14.6 Å². The number of halogens is 1. The molecule has 1 fully saturated rings. The number of sulfone groups is 1. The fourth-order valence-corrected chi connectivity index (χ4v) is 5.71. The molecule has 2 N–H and O–H groups in total. The Morgan fingerprint density at radius 1 is 1.05 bits per heavy atom. The van der Waals surface area contributed by atoms with Crippen molar-refractivity contribution in [3.63, 3.8) is 0 Å². The summed E-state index contributed by atoms with van der Waals surface area (Å²) in [5, 5.41) is 6.48. The molecule has 3 aromatic rings. The minimum absolute atomic E-state index is 0.0448. The van der Waals surface area contributed by atoms with Gasteiger partial charge in [0.25, 0.3) is 0 Å². The molecule has 1 aliphatic rings. The Kier molecular flexibility index (Phi) is 10.2. The summed E-state index contributed by atoms with van der Waals surface area (Å²) in [6.07, 6.45) is 1.96. The van der Waals surface area contributed by atoms with Crippen molar-refractivity contribution in [1.29, 1.82) is 0 Å². The number of morpholine rings is 1. The number of hydrogen-bond acceptors (Lipinski definition) is 10. The van der Waals surface area contributed by atoms with Crippen molar-refractivity contribution in [3.05, 3.63) is 53.7 Å². The van der Waals surface area contributed by atoms with Crippen LogP contribution in [0, 0.1) is 0 Å². The maximum atomic E-state index is 12.8. The third-order valence-electron chi connectivity index (χ3n) is 5.97. The first kappa shape index (κ1) is 28.9. The van der Waals surface area contributed by atoms with Crippen molar-refractivity contribution in [2.75, 3.05) is 62.4 Å². The van der Waals surface area contributed by atoms with Crippen LogP contribution in [0.15, 0.2) is 53.6 Å². The van der Waals surface area contributed by atoms with Crippen molar-refractivity contribution < 1.29 is 22.6 Å². The van der Waals surface area contributed by atoms with E-state index in [4.69, 9.17) is 25.8 Å². The van der Waals surface area contributed by atoms with Gasteiger partial charge in [0, 0.05) is 25.7 Å². The average Bonchev–Trinajstić information content (AvgIpc) is 2.93. The van der Waals surface area contributed by atoms with Gasteiger partial charge in [-0.05, 0) is 37.6 Å². The molecule has 0 unspecified atom stereocenters. The van der Waals surface area contributed by atoms with E-state index in [2.05, 4.69) is 25.5 Å². The predicted octanol–water partition coefficient (Wildman–Crippen LogP) is 4.91. The number of hydrogen-bond donors (Lipinski definition) is 2. The normalized spacial score (nSPS) is 14.1. The van der Waals surface area contributed by atoms with Gasteiger partial charge in [-0.3, -0.25) is 4.90 Å². The first-order chi connectivity index (χ1) is 18.9. The van der Waals surface area contributed by atoms with E-state index < -0.39 is 9.84 Å². The third-order valence-corrected chi connectivity index (χ3v) is 8.22. The molecule has 1 aliphatic heterocycles. The van der Waals surface area contributed by atoms with Crippen LogP contribution in [-0.4, -0.2) is 75.1 Å². The molecule has 0 aliphatic carbocycles. The zero-order valence-electron chi connectivity index (χ0n) is 22.2. The van der Waals surface area contributed by atoms with Gasteiger partial charge in [0.2, 0.25) is 5.95 Å². The van der Waals surface area contributed by atoms with Crippen LogP contribution in [0.5, 0.6) is 11.5 Å². The van der Waals surface area contributed by atoms with Crippen molar-refractivity contribution in [3.8, 4) is 11.5 Å². The van der Waals surface area contributed by atoms with Crippen LogP contribution in [0.1, 0.15) is 20.3 Å². The van der Waals surface area contributed by atoms with Crippen LogP contribution in [0.4, 0.5) is 23.1 Å². The molecule has 2 heterocycles. The lowest BCUT2D eigenvalue weighted by atomic mass is 10.2. The number of nitrogens with one attached hydrogen (secondary N) is 2. The molecule has 0 saturated carbocycles. The van der Waals surface area contributed by atoms with E-state index in [1.807, 2.05) is 32.0 Å². The van der Waals surface area contributed by atoms with Crippen LogP contribution < -0.4 is 20.1 Å². The van der Waals surface area contributed by atoms with Gasteiger partial charge in [0.1, 0.15) is 23.1 Å². The maximum absolute atomic E-state index is 12.8. The summed E-state index contributed by atoms with van der Waals surface area (Å²) < 4.78 is 42.7. The molecule has 1 saturated heterocycles. The summed E-state index contributed by atoms with van der Waals surface area (Å²) in [7, 11) is -3.46. The summed E-state index contributed by atoms with van der Waals surface area (Å²) >= 11 is 6.37. The lowest BCUT2D eigenvalue weighted by Gasteiger charge is -2.26. The molecule has 0 atom stereocenters. The molecule has 2 aromatic carbocycles. The van der Waals surface area contributed by atoms with Gasteiger partial charge in [-0.25, -0.2) is 13.4 Å². The number of rotatable bonds is 13. The maximum Gasteiger partial charge on any atom is 0.229 e. The monoisotopic (exact) mass is 575 g/mol. The number of aromatic nitrogens is 2. The fourth-order valence-electron chi connectivity index (χ4n) is 4.07. The van der Waals surface area contributed by atoms with Crippen LogP contribution in [0.3, 0.4) is 0 Å². The van der Waals surface area contributed by atoms with Gasteiger partial charge >= 0.3 is 0 Å². The van der Waals surface area contributed by atoms with Crippen molar-refractivity contribution in [2.45, 2.75) is 25.2 Å². The first-order valence-corrected chi connectivity index (χ1v) is 15.0. The van der Waals surface area contributed by atoms with E-state index in [1.165, 1.54) is 6.20 Å². The topological polar surface area (TPSA) is 115 Å². The molecule has 39 heavy (non-hydrogen) atoms. The van der Waals surface area contributed by atoms with Gasteiger partial charge < -0.3 is 24.8 Å². The molecule has 210 valence electrons. The second kappa shape index (κ2) is 13.8. The van der Waals surface area contributed by atoms with E-state index >= 15 is 0 Å². The molecule has 0 radical (unpaired) electrons. The minimum atomic E-state index is -3.46. The van der Waals surface area contributed by atoms with E-state index in [9.17, 15) is 8.42 Å². The summed E-state index contributed by atoms with van der Waals surface area (Å²) in [5.74, 6) is 1.86. The average molecular weight is 576 g/mol. The van der Waals surface area contributed by atoms with Gasteiger partial charge in [-0.15, -0.1) is 0 Å². The smallest absolute Gasteiger partial charge is 0.229 e. The van der Waals surface area contributed by atoms with Crippen molar-refractivity contribution in [1.82, 2.24) is 14.9 Å². The summed E-state index contributed by atoms with van der Waals surface area (Å²) in [6, 6.07) is 12.2. The quantitative estimate of drug-likeness (QED) is 0.291. The zero-order valence-corrected chi connectivity index (χ0v) is 23.7. The predicted molar refractivity (Wildman–Crippen MR) is 153 cm³/mol. The SMILES string of the molecule is CCCS(=O)(=O)c1ccccc1Nc1nc(Nc2ccc(OCCN3CCOCC3)cc2OCC)ncc1Cl. The Morgan fingerprint density at radius 3 is 2.62 bits per heavy atom. The van der Waals surface area contributed by atoms with E-state index in [0.717, 1.165) is 32.8 Å². The largest absolute Gasteiger partial charge is 0.492 e. The molecule has 0 bridgehead atoms. The highest BCUT2D eigenvalue weighted by atomic mass is 35.5. The van der Waals surface area contributed by atoms with Crippen LogP contribution >= 0.6 is 11.6 Å². The van der Waals surface area contributed by atoms with Gasteiger partial charge in [0.05, 0.1) is 48.0 Å². The highest BCUT2D eigenvalue weighted by molar-refractivity contribution is 7.91. The van der Waals surface area contributed by atoms with Gasteiger partial charge in [-0.2, -0.15) is 4.98 Å². The second-order valence-electron chi connectivity index (χ2n) is 8.85. The number of para-hydroxylation sites is 1. The zero-order chi connectivity index (χ0) is 27.7. The Hall–Kier alpha value is -3.12. The van der Waals surface area contributed by atoms with Gasteiger partial charge in [-0.1, -0.05) is 30.7 Å². The molecule has 1 aromatic heterocycles. The standard InChI is InChI=1S/C27H34ClN5O5S/c1-3-17-39(34,35)25-8-6-5-7-23(25)30-26-21(28)19-29-27(32-26)31-22-10-9-20(18-24(22)37-4-2)38-16-13-33-11-14-36-15-12-33/h5-10,18-19H,3-4,11-17H2,1-2H3,(H2,29,30,31,32). The van der Waals surface area contributed by atoms with E-state index in [1.54, 1.807) is 24.3 Å². The van der Waals surface area contributed by atoms with E-state index in [-0.39, 0.29) is 27.4 Å². The second-order valence-corrected chi connectivity index (χ2v) is 11.3. The van der Waals surface area contributed by atoms with Crippen LogP contribution in [0.25, 0.3) is 0 Å². The Bertz CT molecular complexity index is 1350. The summed E-state index contributed by atoms with van der Waals surface area (Å²) in [4.78, 5) is 11.3. The summed E-state index contributed by atoms with van der Waals surface area (Å²) in [5.41, 5.74) is 1.04. The molecule has 0 spiro atoms. The van der Waals surface area contributed by atoms with Crippen molar-refractivity contribution in [2.24, 2.45) is 0 Å². The molecular weight excluding hydrogens is 542 g/mol. The summed E-state index contributed by atoms with van der Waals surface area (Å²) in [6.45, 7) is 8.90. The molecular formula is C27H34ClN5O5S. The first-order valence-electron chi connectivity index (χ1n) is 13.0. The lowest BCUT2D eigenvalue weighted by Crippen LogP contribution is -2.38. The van der Waals surface area contributed by atoms with Crippen molar-refractivity contribution >= 4 is 44.6 Å². The lowest BCUT2D eigenvalue weighted by molar-refractivity contribution is 0.0322. The fraction of sp³-hybridized carbons (Fsp3) is 0.407. The number of nitrogens with zero attached hydrogens (tertiary/aromatic N) is 3. The van der Waals surface area contributed by atoms with Gasteiger partial charge in [0.15, 0.2) is 15.7 Å². The minimum Gasteiger partial charge on any atom is -0.492 e. The Morgan fingerprint density at radius 2 is 1.85 bits per heavy atom. The molecule has 10 nitrogen and oxygen atoms in total. The molecule has 0 amide bonds. The van der Waals surface area contributed by atoms with E-state index in [0.29, 0.717) is 42.5 Å². The third kappa shape index (κ3) is 7.95. The number of ether oxygens (including phenoxy) is 3. The Balaban J connectivity index is 1.49. The number of benzene rings is 2. The highest BCUT2D eigenvalue weighted by Crippen LogP contribution is 2.33. The highest BCUT2D eigenvalue weighted by Gasteiger charge is 2.19. The van der Waals surface area contributed by atoms with Crippen LogP contribution in [0.2, 0.25) is 5.02 Å².